The van der Waals surface area contributed by atoms with Crippen molar-refractivity contribution in [1.29, 1.82) is 0 Å². The SMILES string of the molecule is CCOc1cc(C[NH2+][C@@H](C)c2ccco2)ccc1OCc1c(F)cccc1Cl. The number of hydrogen-bond donors (Lipinski definition) is 1. The molecule has 0 unspecified atom stereocenters. The van der Waals surface area contributed by atoms with E-state index in [0.717, 1.165) is 17.9 Å². The molecule has 2 N–H and O–H groups in total. The summed E-state index contributed by atoms with van der Waals surface area (Å²) in [5, 5.41) is 2.53. The topological polar surface area (TPSA) is 48.2 Å². The van der Waals surface area contributed by atoms with Gasteiger partial charge in [-0.05, 0) is 56.3 Å². The van der Waals surface area contributed by atoms with E-state index in [9.17, 15) is 4.39 Å². The van der Waals surface area contributed by atoms with E-state index in [2.05, 4.69) is 12.2 Å². The predicted molar refractivity (Wildman–Crippen MR) is 106 cm³/mol. The van der Waals surface area contributed by atoms with Crippen molar-refractivity contribution in [2.24, 2.45) is 0 Å². The number of hydrogen-bond acceptors (Lipinski definition) is 3. The van der Waals surface area contributed by atoms with Gasteiger partial charge in [-0.3, -0.25) is 0 Å². The number of halogens is 2. The Bertz CT molecular complexity index is 879. The molecule has 2 aromatic carbocycles. The van der Waals surface area contributed by atoms with Gasteiger partial charge in [0.05, 0.1) is 17.9 Å². The summed E-state index contributed by atoms with van der Waals surface area (Å²) >= 11 is 6.07. The van der Waals surface area contributed by atoms with Gasteiger partial charge < -0.3 is 19.2 Å². The van der Waals surface area contributed by atoms with Crippen molar-refractivity contribution in [3.63, 3.8) is 0 Å². The van der Waals surface area contributed by atoms with E-state index in [-0.39, 0.29) is 18.5 Å². The number of benzene rings is 2. The first-order valence-corrected chi connectivity index (χ1v) is 9.64. The lowest BCUT2D eigenvalue weighted by Gasteiger charge is -2.15. The average molecular weight is 405 g/mol. The third-order valence-electron chi connectivity index (χ3n) is 4.44. The minimum atomic E-state index is -0.386. The molecule has 148 valence electrons. The van der Waals surface area contributed by atoms with Crippen molar-refractivity contribution >= 4 is 11.6 Å². The smallest absolute Gasteiger partial charge is 0.161 e. The lowest BCUT2D eigenvalue weighted by Crippen LogP contribution is -2.82. The zero-order valence-corrected chi connectivity index (χ0v) is 16.7. The maximum absolute atomic E-state index is 14.0. The molecule has 0 bridgehead atoms. The summed E-state index contributed by atoms with van der Waals surface area (Å²) in [5.74, 6) is 1.74. The zero-order chi connectivity index (χ0) is 19.9. The molecule has 0 radical (unpaired) electrons. The molecular formula is C22H24ClFNO3+. The van der Waals surface area contributed by atoms with Crippen LogP contribution in [0.2, 0.25) is 5.02 Å². The highest BCUT2D eigenvalue weighted by Crippen LogP contribution is 2.30. The van der Waals surface area contributed by atoms with Crippen LogP contribution >= 0.6 is 11.6 Å². The van der Waals surface area contributed by atoms with E-state index in [0.29, 0.717) is 28.7 Å². The average Bonchev–Trinajstić information content (AvgIpc) is 3.22. The fraction of sp³-hybridized carbons (Fsp3) is 0.273. The Morgan fingerprint density at radius 1 is 1.11 bits per heavy atom. The molecule has 6 heteroatoms. The molecule has 1 atom stereocenters. The monoisotopic (exact) mass is 404 g/mol. The van der Waals surface area contributed by atoms with Crippen molar-refractivity contribution < 1.29 is 23.6 Å². The van der Waals surface area contributed by atoms with Crippen LogP contribution in [0.4, 0.5) is 4.39 Å². The Balaban J connectivity index is 1.68. The first-order chi connectivity index (χ1) is 13.6. The summed E-state index contributed by atoms with van der Waals surface area (Å²) in [6, 6.07) is 14.4. The summed E-state index contributed by atoms with van der Waals surface area (Å²) in [7, 11) is 0. The molecule has 1 aromatic heterocycles. The van der Waals surface area contributed by atoms with Crippen LogP contribution in [0.5, 0.6) is 11.5 Å². The van der Waals surface area contributed by atoms with Gasteiger partial charge in [0, 0.05) is 11.1 Å². The van der Waals surface area contributed by atoms with E-state index in [1.165, 1.54) is 6.07 Å². The predicted octanol–water partition coefficient (Wildman–Crippen LogP) is 4.87. The van der Waals surface area contributed by atoms with Crippen molar-refractivity contribution in [2.75, 3.05) is 6.61 Å². The zero-order valence-electron chi connectivity index (χ0n) is 16.0. The van der Waals surface area contributed by atoms with Gasteiger partial charge in [-0.25, -0.2) is 4.39 Å². The van der Waals surface area contributed by atoms with Crippen LogP contribution in [0.15, 0.2) is 59.2 Å². The second-order valence-electron chi connectivity index (χ2n) is 6.45. The maximum atomic E-state index is 14.0. The van der Waals surface area contributed by atoms with Gasteiger partial charge in [-0.1, -0.05) is 17.7 Å². The molecule has 0 aliphatic carbocycles. The third kappa shape index (κ3) is 5.06. The van der Waals surface area contributed by atoms with Gasteiger partial charge in [0.25, 0.3) is 0 Å². The van der Waals surface area contributed by atoms with Crippen LogP contribution < -0.4 is 14.8 Å². The molecule has 0 saturated heterocycles. The quantitative estimate of drug-likeness (QED) is 0.553. The number of ether oxygens (including phenoxy) is 2. The molecule has 0 aliphatic rings. The summed E-state index contributed by atoms with van der Waals surface area (Å²) in [4.78, 5) is 0. The Morgan fingerprint density at radius 2 is 1.96 bits per heavy atom. The molecule has 0 saturated carbocycles. The molecule has 28 heavy (non-hydrogen) atoms. The third-order valence-corrected chi connectivity index (χ3v) is 4.79. The van der Waals surface area contributed by atoms with E-state index < -0.39 is 0 Å². The molecule has 4 nitrogen and oxygen atoms in total. The number of furan rings is 1. The van der Waals surface area contributed by atoms with Crippen LogP contribution in [0.1, 0.15) is 36.8 Å². The summed E-state index contributed by atoms with van der Waals surface area (Å²) in [6.45, 7) is 5.31. The maximum Gasteiger partial charge on any atom is 0.161 e. The minimum Gasteiger partial charge on any atom is -0.490 e. The highest BCUT2D eigenvalue weighted by Gasteiger charge is 2.14. The highest BCUT2D eigenvalue weighted by atomic mass is 35.5. The lowest BCUT2D eigenvalue weighted by atomic mass is 10.1. The number of rotatable bonds is 9. The van der Waals surface area contributed by atoms with Crippen LogP contribution in [0.25, 0.3) is 0 Å². The number of nitrogens with two attached hydrogens (primary N) is 1. The van der Waals surface area contributed by atoms with Crippen LogP contribution in [-0.2, 0) is 13.2 Å². The second kappa shape index (κ2) is 9.62. The molecule has 0 fully saturated rings. The Kier molecular flexibility index (Phi) is 6.95. The largest absolute Gasteiger partial charge is 0.490 e. The van der Waals surface area contributed by atoms with Crippen LogP contribution in [0, 0.1) is 5.82 Å². The second-order valence-corrected chi connectivity index (χ2v) is 6.85. The van der Waals surface area contributed by atoms with E-state index in [4.69, 9.17) is 25.5 Å². The van der Waals surface area contributed by atoms with E-state index in [1.807, 2.05) is 37.3 Å². The molecule has 3 rings (SSSR count). The van der Waals surface area contributed by atoms with Gasteiger partial charge in [0.15, 0.2) is 17.3 Å². The Hall–Kier alpha value is -2.50. The van der Waals surface area contributed by atoms with Gasteiger partial charge >= 0.3 is 0 Å². The molecule has 3 aromatic rings. The van der Waals surface area contributed by atoms with Crippen LogP contribution in [0.3, 0.4) is 0 Å². The Morgan fingerprint density at radius 3 is 2.68 bits per heavy atom. The molecular weight excluding hydrogens is 381 g/mol. The van der Waals surface area contributed by atoms with E-state index in [1.54, 1.807) is 18.4 Å². The molecule has 1 heterocycles. The lowest BCUT2D eigenvalue weighted by molar-refractivity contribution is -0.709. The normalized spacial score (nSPS) is 12.0. The molecule has 0 aliphatic heterocycles. The molecule has 0 spiro atoms. The fourth-order valence-corrected chi connectivity index (χ4v) is 3.08. The molecule has 0 amide bonds. The van der Waals surface area contributed by atoms with E-state index >= 15 is 0 Å². The fourth-order valence-electron chi connectivity index (χ4n) is 2.87. The van der Waals surface area contributed by atoms with Crippen LogP contribution in [-0.4, -0.2) is 6.61 Å². The summed E-state index contributed by atoms with van der Waals surface area (Å²) < 4.78 is 30.9. The minimum absolute atomic E-state index is 0.0343. The summed E-state index contributed by atoms with van der Waals surface area (Å²) in [6.07, 6.45) is 1.68. The first kappa shape index (κ1) is 20.2. The van der Waals surface area contributed by atoms with Crippen molar-refractivity contribution in [1.82, 2.24) is 0 Å². The van der Waals surface area contributed by atoms with Gasteiger partial charge in [-0.15, -0.1) is 0 Å². The van der Waals surface area contributed by atoms with Crippen molar-refractivity contribution in [2.45, 2.75) is 33.0 Å². The van der Waals surface area contributed by atoms with Crippen molar-refractivity contribution in [3.05, 3.63) is 82.5 Å². The standard InChI is InChI=1S/C22H23ClFNO3/c1-3-26-22-12-16(13-25-15(2)20-8-5-11-27-20)9-10-21(22)28-14-17-18(23)6-4-7-19(17)24/h4-12,15,25H,3,13-14H2,1-2H3/p+1/t15-/m0/s1. The highest BCUT2D eigenvalue weighted by molar-refractivity contribution is 6.31. The number of quaternary nitrogens is 1. The van der Waals surface area contributed by atoms with Gasteiger partial charge in [-0.2, -0.15) is 0 Å². The Labute approximate surface area is 169 Å². The van der Waals surface area contributed by atoms with Gasteiger partial charge in [0.1, 0.15) is 25.0 Å². The van der Waals surface area contributed by atoms with Gasteiger partial charge in [0.2, 0.25) is 0 Å². The van der Waals surface area contributed by atoms with Crippen molar-refractivity contribution in [3.8, 4) is 11.5 Å². The first-order valence-electron chi connectivity index (χ1n) is 9.26. The summed E-state index contributed by atoms with van der Waals surface area (Å²) in [5.41, 5.74) is 1.43.